The van der Waals surface area contributed by atoms with Crippen LogP contribution in [0.15, 0.2) is 0 Å². The molecule has 1 aliphatic rings. The van der Waals surface area contributed by atoms with Crippen LogP contribution in [0.1, 0.15) is 168 Å². The van der Waals surface area contributed by atoms with Crippen molar-refractivity contribution in [3.63, 3.8) is 0 Å². The van der Waals surface area contributed by atoms with E-state index in [9.17, 15) is 4.79 Å². The van der Waals surface area contributed by atoms with Crippen molar-refractivity contribution >= 4 is 5.91 Å². The minimum Gasteiger partial charge on any atom is -0.343 e. The molecule has 1 heterocycles. The van der Waals surface area contributed by atoms with Gasteiger partial charge in [0.15, 0.2) is 0 Å². The third-order valence-electron chi connectivity index (χ3n) is 7.38. The molecule has 1 amide bonds. The Hall–Kier alpha value is -0.530. The van der Waals surface area contributed by atoms with Gasteiger partial charge in [0.25, 0.3) is 0 Å². The van der Waals surface area contributed by atoms with Crippen LogP contribution in [0.2, 0.25) is 0 Å². The molecule has 0 aliphatic carbocycles. The lowest BCUT2D eigenvalue weighted by atomic mass is 10.0. The van der Waals surface area contributed by atoms with Gasteiger partial charge in [0.05, 0.1) is 0 Å². The molecule has 0 aromatic rings. The lowest BCUT2D eigenvalue weighted by Crippen LogP contribution is -2.27. The summed E-state index contributed by atoms with van der Waals surface area (Å²) in [6.07, 6.45) is 32.9. The molecule has 0 bridgehead atoms. The fourth-order valence-corrected chi connectivity index (χ4v) is 5.14. The van der Waals surface area contributed by atoms with Crippen molar-refractivity contribution in [2.45, 2.75) is 168 Å². The zero-order chi connectivity index (χ0) is 23.1. The van der Waals surface area contributed by atoms with E-state index in [2.05, 4.69) is 18.7 Å². The van der Waals surface area contributed by atoms with E-state index in [-0.39, 0.29) is 0 Å². The van der Waals surface area contributed by atoms with E-state index in [1.165, 1.54) is 141 Å². The smallest absolute Gasteiger partial charge is 0.222 e. The Kier molecular flexibility index (Phi) is 20.5. The van der Waals surface area contributed by atoms with E-state index in [1.54, 1.807) is 0 Å². The number of rotatable bonds is 23. The van der Waals surface area contributed by atoms with Gasteiger partial charge in [-0.2, -0.15) is 0 Å². The largest absolute Gasteiger partial charge is 0.343 e. The molecular weight excluding hydrogens is 390 g/mol. The van der Waals surface area contributed by atoms with Gasteiger partial charge >= 0.3 is 0 Å². The van der Waals surface area contributed by atoms with Crippen LogP contribution >= 0.6 is 0 Å². The number of carbonyl (C=O) groups is 1. The second-order valence-corrected chi connectivity index (χ2v) is 11.1. The lowest BCUT2D eigenvalue weighted by molar-refractivity contribution is -0.130. The number of hydrogen-bond acceptors (Lipinski definition) is 1. The molecule has 1 fully saturated rings. The molecule has 1 saturated heterocycles. The van der Waals surface area contributed by atoms with E-state index in [4.69, 9.17) is 0 Å². The summed E-state index contributed by atoms with van der Waals surface area (Å²) in [5, 5.41) is 0. The second-order valence-electron chi connectivity index (χ2n) is 11.1. The molecule has 0 radical (unpaired) electrons. The molecule has 190 valence electrons. The minimum absolute atomic E-state index is 0.408. The molecule has 0 spiro atoms. The number of nitrogens with zero attached hydrogens (tertiary/aromatic N) is 1. The summed E-state index contributed by atoms with van der Waals surface area (Å²) in [6.45, 7) is 6.70. The van der Waals surface area contributed by atoms with Crippen LogP contribution in [0.5, 0.6) is 0 Å². The molecule has 1 rings (SSSR count). The van der Waals surface area contributed by atoms with Gasteiger partial charge in [-0.25, -0.2) is 0 Å². The zero-order valence-corrected chi connectivity index (χ0v) is 22.3. The summed E-state index contributed by atoms with van der Waals surface area (Å²) in [4.78, 5) is 14.1. The SMILES string of the molecule is CC(C)CCCCCCCCCCCCCCCCCCCCCCC(=O)N1CCCC1. The van der Waals surface area contributed by atoms with E-state index in [1.807, 2.05) is 0 Å². The predicted octanol–water partition coefficient (Wildman–Crippen LogP) is 9.85. The summed E-state index contributed by atoms with van der Waals surface area (Å²) in [5.41, 5.74) is 0. The first-order valence-electron chi connectivity index (χ1n) is 15.0. The predicted molar refractivity (Wildman–Crippen MR) is 142 cm³/mol. The van der Waals surface area contributed by atoms with E-state index in [0.29, 0.717) is 5.91 Å². The van der Waals surface area contributed by atoms with Gasteiger partial charge in [-0.1, -0.05) is 142 Å². The van der Waals surface area contributed by atoms with Gasteiger partial charge < -0.3 is 4.90 Å². The Bertz CT molecular complexity index is 400. The average Bonchev–Trinajstić information content (AvgIpc) is 3.32. The third kappa shape index (κ3) is 19.0. The molecule has 2 heteroatoms. The minimum atomic E-state index is 0.408. The number of hydrogen-bond donors (Lipinski definition) is 0. The van der Waals surface area contributed by atoms with E-state index in [0.717, 1.165) is 31.8 Å². The molecule has 0 unspecified atom stereocenters. The summed E-state index contributed by atoms with van der Waals surface area (Å²) >= 11 is 0. The maximum atomic E-state index is 12.0. The normalized spacial score (nSPS) is 14.0. The summed E-state index contributed by atoms with van der Waals surface area (Å²) in [5.74, 6) is 1.30. The van der Waals surface area contributed by atoms with Crippen molar-refractivity contribution in [3.05, 3.63) is 0 Å². The average molecular weight is 450 g/mol. The zero-order valence-electron chi connectivity index (χ0n) is 22.3. The maximum Gasteiger partial charge on any atom is 0.222 e. The van der Waals surface area contributed by atoms with Crippen molar-refractivity contribution in [1.82, 2.24) is 4.90 Å². The van der Waals surface area contributed by atoms with Crippen molar-refractivity contribution in [2.24, 2.45) is 5.92 Å². The second kappa shape index (κ2) is 22.3. The van der Waals surface area contributed by atoms with Gasteiger partial charge in [0, 0.05) is 19.5 Å². The van der Waals surface area contributed by atoms with Gasteiger partial charge in [-0.15, -0.1) is 0 Å². The van der Waals surface area contributed by atoms with Crippen LogP contribution < -0.4 is 0 Å². The molecule has 0 N–H and O–H groups in total. The number of carbonyl (C=O) groups excluding carboxylic acids is 1. The van der Waals surface area contributed by atoms with Gasteiger partial charge in [0.2, 0.25) is 5.91 Å². The molecule has 0 atom stereocenters. The van der Waals surface area contributed by atoms with Crippen molar-refractivity contribution in [3.8, 4) is 0 Å². The highest BCUT2D eigenvalue weighted by atomic mass is 16.2. The summed E-state index contributed by atoms with van der Waals surface area (Å²) in [7, 11) is 0. The van der Waals surface area contributed by atoms with E-state index < -0.39 is 0 Å². The number of unbranched alkanes of at least 4 members (excludes halogenated alkanes) is 19. The fourth-order valence-electron chi connectivity index (χ4n) is 5.14. The molecule has 0 saturated carbocycles. The van der Waals surface area contributed by atoms with E-state index >= 15 is 0 Å². The van der Waals surface area contributed by atoms with Crippen LogP contribution in [-0.2, 0) is 4.79 Å². The Balaban J connectivity index is 1.65. The summed E-state index contributed by atoms with van der Waals surface area (Å²) in [6, 6.07) is 0. The monoisotopic (exact) mass is 449 g/mol. The van der Waals surface area contributed by atoms with Crippen LogP contribution in [-0.4, -0.2) is 23.9 Å². The highest BCUT2D eigenvalue weighted by molar-refractivity contribution is 5.76. The van der Waals surface area contributed by atoms with Gasteiger partial charge in [-0.3, -0.25) is 4.79 Å². The molecule has 0 aromatic heterocycles. The van der Waals surface area contributed by atoms with Crippen LogP contribution in [0.25, 0.3) is 0 Å². The topological polar surface area (TPSA) is 20.3 Å². The van der Waals surface area contributed by atoms with Crippen LogP contribution in [0, 0.1) is 5.92 Å². The lowest BCUT2D eigenvalue weighted by Gasteiger charge is -2.14. The van der Waals surface area contributed by atoms with Gasteiger partial charge in [-0.05, 0) is 25.2 Å². The summed E-state index contributed by atoms with van der Waals surface area (Å²) < 4.78 is 0. The molecule has 1 aliphatic heterocycles. The fraction of sp³-hybridized carbons (Fsp3) is 0.967. The van der Waals surface area contributed by atoms with Gasteiger partial charge in [0.1, 0.15) is 0 Å². The molecule has 0 aromatic carbocycles. The molecular formula is C30H59NO. The first kappa shape index (κ1) is 29.5. The molecule has 32 heavy (non-hydrogen) atoms. The Morgan fingerprint density at radius 3 is 1.19 bits per heavy atom. The van der Waals surface area contributed by atoms with Crippen LogP contribution in [0.4, 0.5) is 0 Å². The van der Waals surface area contributed by atoms with Crippen LogP contribution in [0.3, 0.4) is 0 Å². The first-order valence-corrected chi connectivity index (χ1v) is 15.0. The highest BCUT2D eigenvalue weighted by Crippen LogP contribution is 2.16. The number of amides is 1. The highest BCUT2D eigenvalue weighted by Gasteiger charge is 2.16. The molecule has 2 nitrogen and oxygen atoms in total. The Morgan fingerprint density at radius 2 is 0.844 bits per heavy atom. The quantitative estimate of drug-likeness (QED) is 0.142. The number of likely N-dealkylation sites (tertiary alicyclic amines) is 1. The first-order chi connectivity index (χ1) is 15.7. The van der Waals surface area contributed by atoms with Crippen molar-refractivity contribution < 1.29 is 4.79 Å². The van der Waals surface area contributed by atoms with Crippen molar-refractivity contribution in [2.75, 3.05) is 13.1 Å². The van der Waals surface area contributed by atoms with Crippen molar-refractivity contribution in [1.29, 1.82) is 0 Å². The Labute approximate surface area is 202 Å². The standard InChI is InChI=1S/C30H59NO/c1-29(2)25-21-19-17-15-13-11-9-7-5-3-4-6-8-10-12-14-16-18-20-22-26-30(32)31-27-23-24-28-31/h29H,3-28H2,1-2H3. The third-order valence-corrected chi connectivity index (χ3v) is 7.38. The Morgan fingerprint density at radius 1 is 0.531 bits per heavy atom. The maximum absolute atomic E-state index is 12.0.